The van der Waals surface area contributed by atoms with E-state index < -0.39 is 12.1 Å². The first-order chi connectivity index (χ1) is 16.8. The summed E-state index contributed by atoms with van der Waals surface area (Å²) in [5.74, 6) is 1.78. The SMILES string of the molecule is CCCc1c(SCCCOc2ccc(C(C)O)c(OCCCC(=O)O)c2CCC)ccc(C)c1O. The minimum Gasteiger partial charge on any atom is -0.507 e. The average molecular weight is 505 g/mol. The number of rotatable bonds is 16. The molecule has 194 valence electrons. The molecular formula is C28H40O6S. The molecule has 0 saturated heterocycles. The zero-order valence-corrected chi connectivity index (χ0v) is 22.2. The Morgan fingerprint density at radius 1 is 1.00 bits per heavy atom. The van der Waals surface area contributed by atoms with Crippen molar-refractivity contribution in [2.75, 3.05) is 19.0 Å². The van der Waals surface area contributed by atoms with E-state index in [2.05, 4.69) is 19.9 Å². The van der Waals surface area contributed by atoms with Gasteiger partial charge in [-0.2, -0.15) is 0 Å². The molecule has 0 aromatic heterocycles. The van der Waals surface area contributed by atoms with E-state index in [1.165, 1.54) is 0 Å². The number of phenols is 1. The molecule has 7 heteroatoms. The average Bonchev–Trinajstić information content (AvgIpc) is 2.81. The van der Waals surface area contributed by atoms with Crippen molar-refractivity contribution in [2.24, 2.45) is 0 Å². The van der Waals surface area contributed by atoms with E-state index in [-0.39, 0.29) is 13.0 Å². The van der Waals surface area contributed by atoms with Crippen LogP contribution >= 0.6 is 11.8 Å². The molecule has 0 amide bonds. The van der Waals surface area contributed by atoms with Crippen LogP contribution in [0, 0.1) is 6.92 Å². The van der Waals surface area contributed by atoms with Gasteiger partial charge in [0.05, 0.1) is 19.3 Å². The summed E-state index contributed by atoms with van der Waals surface area (Å²) in [4.78, 5) is 11.9. The van der Waals surface area contributed by atoms with Gasteiger partial charge < -0.3 is 24.8 Å². The van der Waals surface area contributed by atoms with Gasteiger partial charge in [0.15, 0.2) is 0 Å². The van der Waals surface area contributed by atoms with E-state index in [9.17, 15) is 15.0 Å². The van der Waals surface area contributed by atoms with Crippen molar-refractivity contribution in [2.45, 2.75) is 83.6 Å². The number of aliphatic carboxylic acids is 1. The van der Waals surface area contributed by atoms with Gasteiger partial charge in [-0.05, 0) is 63.3 Å². The van der Waals surface area contributed by atoms with Crippen molar-refractivity contribution in [3.05, 3.63) is 46.5 Å². The lowest BCUT2D eigenvalue weighted by Gasteiger charge is -2.21. The number of carboxylic acid groups (broad SMARTS) is 1. The molecule has 0 heterocycles. The number of carboxylic acids is 1. The van der Waals surface area contributed by atoms with Crippen molar-refractivity contribution >= 4 is 17.7 Å². The van der Waals surface area contributed by atoms with E-state index in [4.69, 9.17) is 14.6 Å². The van der Waals surface area contributed by atoms with Crippen LogP contribution < -0.4 is 9.47 Å². The Hall–Kier alpha value is -2.38. The van der Waals surface area contributed by atoms with Gasteiger partial charge in [-0.1, -0.05) is 32.8 Å². The summed E-state index contributed by atoms with van der Waals surface area (Å²) in [6.07, 6.45) is 4.04. The number of hydrogen-bond acceptors (Lipinski definition) is 6. The fraction of sp³-hybridized carbons (Fsp3) is 0.536. The summed E-state index contributed by atoms with van der Waals surface area (Å²) in [5.41, 5.74) is 3.55. The van der Waals surface area contributed by atoms with E-state index >= 15 is 0 Å². The Labute approximate surface area is 213 Å². The molecule has 2 aromatic carbocycles. The van der Waals surface area contributed by atoms with Crippen LogP contribution in [0.5, 0.6) is 17.2 Å². The van der Waals surface area contributed by atoms with E-state index in [1.807, 2.05) is 25.1 Å². The summed E-state index contributed by atoms with van der Waals surface area (Å²) >= 11 is 1.74. The largest absolute Gasteiger partial charge is 0.507 e. The van der Waals surface area contributed by atoms with Crippen LogP contribution in [-0.2, 0) is 17.6 Å². The smallest absolute Gasteiger partial charge is 0.303 e. The molecule has 2 aromatic rings. The van der Waals surface area contributed by atoms with Crippen molar-refractivity contribution in [3.63, 3.8) is 0 Å². The second-order valence-electron chi connectivity index (χ2n) is 8.74. The van der Waals surface area contributed by atoms with E-state index in [0.717, 1.165) is 65.2 Å². The number of ether oxygens (including phenoxy) is 2. The molecule has 2 rings (SSSR count). The molecule has 3 N–H and O–H groups in total. The van der Waals surface area contributed by atoms with Gasteiger partial charge in [0.1, 0.15) is 17.2 Å². The Balaban J connectivity index is 2.05. The lowest BCUT2D eigenvalue weighted by atomic mass is 10.0. The molecule has 0 bridgehead atoms. The topological polar surface area (TPSA) is 96.2 Å². The van der Waals surface area contributed by atoms with Gasteiger partial charge in [0, 0.05) is 33.8 Å². The number of aromatic hydroxyl groups is 1. The van der Waals surface area contributed by atoms with Crippen LogP contribution in [0.25, 0.3) is 0 Å². The fourth-order valence-corrected chi connectivity index (χ4v) is 4.95. The van der Waals surface area contributed by atoms with Gasteiger partial charge in [0.25, 0.3) is 0 Å². The fourth-order valence-electron chi connectivity index (χ4n) is 3.93. The first-order valence-corrected chi connectivity index (χ1v) is 13.5. The Morgan fingerprint density at radius 3 is 2.34 bits per heavy atom. The maximum atomic E-state index is 10.8. The number of aryl methyl sites for hydroxylation is 1. The van der Waals surface area contributed by atoms with Gasteiger partial charge in [0.2, 0.25) is 0 Å². The molecule has 0 spiro atoms. The summed E-state index contributed by atoms with van der Waals surface area (Å²) in [6, 6.07) is 7.77. The van der Waals surface area contributed by atoms with Crippen molar-refractivity contribution in [1.29, 1.82) is 0 Å². The lowest BCUT2D eigenvalue weighted by Crippen LogP contribution is -2.09. The summed E-state index contributed by atoms with van der Waals surface area (Å²) in [7, 11) is 0. The molecule has 0 aliphatic carbocycles. The van der Waals surface area contributed by atoms with Gasteiger partial charge in [-0.3, -0.25) is 4.79 Å². The summed E-state index contributed by atoms with van der Waals surface area (Å²) < 4.78 is 12.1. The zero-order valence-electron chi connectivity index (χ0n) is 21.4. The van der Waals surface area contributed by atoms with Crippen LogP contribution in [0.2, 0.25) is 0 Å². The minimum atomic E-state index is -0.851. The minimum absolute atomic E-state index is 0.0414. The van der Waals surface area contributed by atoms with Crippen molar-refractivity contribution < 1.29 is 29.6 Å². The molecule has 0 aliphatic rings. The zero-order chi connectivity index (χ0) is 25.8. The Morgan fingerprint density at radius 2 is 1.69 bits per heavy atom. The number of benzene rings is 2. The summed E-state index contributed by atoms with van der Waals surface area (Å²) in [5, 5.41) is 29.6. The predicted octanol–water partition coefficient (Wildman–Crippen LogP) is 6.46. The highest BCUT2D eigenvalue weighted by Gasteiger charge is 2.19. The first kappa shape index (κ1) is 28.9. The number of aliphatic hydroxyl groups is 1. The predicted molar refractivity (Wildman–Crippen MR) is 141 cm³/mol. The Bertz CT molecular complexity index is 957. The molecule has 0 fully saturated rings. The van der Waals surface area contributed by atoms with Crippen LogP contribution in [0.3, 0.4) is 0 Å². The number of thioether (sulfide) groups is 1. The first-order valence-electron chi connectivity index (χ1n) is 12.6. The third kappa shape index (κ3) is 8.65. The maximum absolute atomic E-state index is 10.8. The second kappa shape index (κ2) is 14.9. The Kier molecular flexibility index (Phi) is 12.3. The van der Waals surface area contributed by atoms with Crippen molar-refractivity contribution in [3.8, 4) is 17.2 Å². The third-order valence-corrected chi connectivity index (χ3v) is 6.91. The standard InChI is InChI=1S/C28H40O6S/c1-5-9-22-24(14-13-21(20(4)29)28(22)34-16-7-11-26(30)31)33-17-8-18-35-25-15-12-19(3)27(32)23(25)10-6-2/h12-15,20,29,32H,5-11,16-18H2,1-4H3,(H,30,31). The summed E-state index contributed by atoms with van der Waals surface area (Å²) in [6.45, 7) is 8.63. The highest BCUT2D eigenvalue weighted by Crippen LogP contribution is 2.37. The molecule has 1 atom stereocenters. The number of carbonyl (C=O) groups is 1. The van der Waals surface area contributed by atoms with E-state index in [0.29, 0.717) is 30.1 Å². The molecule has 0 radical (unpaired) electrons. The van der Waals surface area contributed by atoms with Crippen LogP contribution in [-0.4, -0.2) is 40.3 Å². The monoisotopic (exact) mass is 504 g/mol. The molecule has 6 nitrogen and oxygen atoms in total. The quantitative estimate of drug-likeness (QED) is 0.178. The second-order valence-corrected chi connectivity index (χ2v) is 9.88. The van der Waals surface area contributed by atoms with Crippen LogP contribution in [0.1, 0.15) is 81.2 Å². The number of phenolic OH excluding ortho intramolecular Hbond substituents is 1. The normalized spacial score (nSPS) is 11.9. The van der Waals surface area contributed by atoms with Crippen LogP contribution in [0.4, 0.5) is 0 Å². The van der Waals surface area contributed by atoms with Gasteiger partial charge >= 0.3 is 5.97 Å². The third-order valence-electron chi connectivity index (χ3n) is 5.72. The molecule has 0 aliphatic heterocycles. The van der Waals surface area contributed by atoms with Gasteiger partial charge in [-0.25, -0.2) is 0 Å². The number of aliphatic hydroxyl groups excluding tert-OH is 1. The highest BCUT2D eigenvalue weighted by atomic mass is 32.2. The molecule has 1 unspecified atom stereocenters. The number of hydrogen-bond donors (Lipinski definition) is 3. The molecule has 0 saturated carbocycles. The molecular weight excluding hydrogens is 464 g/mol. The van der Waals surface area contributed by atoms with Crippen LogP contribution in [0.15, 0.2) is 29.2 Å². The maximum Gasteiger partial charge on any atom is 0.303 e. The van der Waals surface area contributed by atoms with Crippen molar-refractivity contribution in [1.82, 2.24) is 0 Å². The highest BCUT2D eigenvalue weighted by molar-refractivity contribution is 7.99. The van der Waals surface area contributed by atoms with E-state index in [1.54, 1.807) is 18.7 Å². The lowest BCUT2D eigenvalue weighted by molar-refractivity contribution is -0.137. The molecule has 35 heavy (non-hydrogen) atoms. The van der Waals surface area contributed by atoms with Gasteiger partial charge in [-0.15, -0.1) is 11.8 Å².